The first-order chi connectivity index (χ1) is 13.6. The Hall–Kier alpha value is -1.82. The zero-order valence-electron chi connectivity index (χ0n) is 16.9. The molecule has 4 rings (SSSR count). The molecule has 0 radical (unpaired) electrons. The molecule has 0 atom stereocenters. The lowest BCUT2D eigenvalue weighted by atomic mass is 9.86. The topological polar surface area (TPSA) is 54.3 Å². The molecule has 1 N–H and O–H groups in total. The van der Waals surface area contributed by atoms with Crippen LogP contribution in [0.25, 0.3) is 10.2 Å². The largest absolute Gasteiger partial charge is 0.353 e. The number of nitrogens with zero attached hydrogens (tertiary/aromatic N) is 2. The Kier molecular flexibility index (Phi) is 5.76. The number of carbonyl (C=O) groups excluding carboxylic acids is 2. The standard InChI is InChI=1S/C22H31N3O2S/c1-3-25-18-10-13-28-20(18)14-19(25)22(27)24-11-8-16(9-12-24)21(26)23-17-6-4-15(2)5-7-17/h10,13-17H,3-9,11-12H2,1-2H3,(H,23,26). The Balaban J connectivity index is 1.33. The lowest BCUT2D eigenvalue weighted by Gasteiger charge is -2.33. The Labute approximate surface area is 171 Å². The third-order valence-electron chi connectivity index (χ3n) is 6.57. The number of aryl methyl sites for hydroxylation is 1. The summed E-state index contributed by atoms with van der Waals surface area (Å²) in [6.45, 7) is 6.50. The van der Waals surface area contributed by atoms with Crippen LogP contribution < -0.4 is 5.32 Å². The van der Waals surface area contributed by atoms with Crippen molar-refractivity contribution in [2.75, 3.05) is 13.1 Å². The van der Waals surface area contributed by atoms with Gasteiger partial charge in [-0.05, 0) is 68.9 Å². The fourth-order valence-electron chi connectivity index (χ4n) is 4.73. The van der Waals surface area contributed by atoms with Gasteiger partial charge in [0.25, 0.3) is 5.91 Å². The van der Waals surface area contributed by atoms with E-state index in [0.717, 1.165) is 49.4 Å². The molecular weight excluding hydrogens is 370 g/mol. The van der Waals surface area contributed by atoms with Gasteiger partial charge in [0.2, 0.25) is 5.91 Å². The van der Waals surface area contributed by atoms with E-state index in [2.05, 4.69) is 35.2 Å². The number of rotatable bonds is 4. The molecule has 5 nitrogen and oxygen atoms in total. The van der Waals surface area contributed by atoms with E-state index in [1.165, 1.54) is 17.5 Å². The van der Waals surface area contributed by atoms with E-state index in [1.54, 1.807) is 11.3 Å². The molecule has 2 aromatic rings. The molecule has 2 fully saturated rings. The highest BCUT2D eigenvalue weighted by molar-refractivity contribution is 7.17. The predicted molar refractivity (Wildman–Crippen MR) is 114 cm³/mol. The van der Waals surface area contributed by atoms with Crippen molar-refractivity contribution in [3.63, 3.8) is 0 Å². The number of piperidine rings is 1. The first-order valence-corrected chi connectivity index (χ1v) is 11.6. The molecule has 1 aliphatic heterocycles. The number of thiophene rings is 1. The Morgan fingerprint density at radius 2 is 1.86 bits per heavy atom. The van der Waals surface area contributed by atoms with Gasteiger partial charge < -0.3 is 14.8 Å². The van der Waals surface area contributed by atoms with Crippen molar-refractivity contribution in [3.8, 4) is 0 Å². The molecule has 6 heteroatoms. The van der Waals surface area contributed by atoms with Gasteiger partial charge in [-0.1, -0.05) is 6.92 Å². The summed E-state index contributed by atoms with van der Waals surface area (Å²) in [5.41, 5.74) is 1.93. The van der Waals surface area contributed by atoms with E-state index in [-0.39, 0.29) is 17.7 Å². The van der Waals surface area contributed by atoms with Crippen LogP contribution in [0.15, 0.2) is 17.5 Å². The van der Waals surface area contributed by atoms with Crippen LogP contribution >= 0.6 is 11.3 Å². The molecular formula is C22H31N3O2S. The molecule has 0 aromatic carbocycles. The van der Waals surface area contributed by atoms with E-state index < -0.39 is 0 Å². The molecule has 0 spiro atoms. The summed E-state index contributed by atoms with van der Waals surface area (Å²) in [6, 6.07) is 4.46. The predicted octanol–water partition coefficient (Wildman–Crippen LogP) is 4.27. The van der Waals surface area contributed by atoms with Crippen LogP contribution in [0.5, 0.6) is 0 Å². The fourth-order valence-corrected chi connectivity index (χ4v) is 5.55. The highest BCUT2D eigenvalue weighted by Gasteiger charge is 2.30. The van der Waals surface area contributed by atoms with Crippen molar-refractivity contribution in [2.24, 2.45) is 11.8 Å². The number of nitrogens with one attached hydrogen (secondary N) is 1. The zero-order valence-corrected chi connectivity index (χ0v) is 17.8. The lowest BCUT2D eigenvalue weighted by molar-refractivity contribution is -0.127. The second kappa shape index (κ2) is 8.27. The average molecular weight is 402 g/mol. The SMILES string of the molecule is CCn1c(C(=O)N2CCC(C(=O)NC3CCC(C)CC3)CC2)cc2sccc21. The molecule has 2 aromatic heterocycles. The summed E-state index contributed by atoms with van der Waals surface area (Å²) in [6.07, 6.45) is 6.17. The first-order valence-electron chi connectivity index (χ1n) is 10.7. The van der Waals surface area contributed by atoms with Gasteiger partial charge in [0.15, 0.2) is 0 Å². The summed E-state index contributed by atoms with van der Waals surface area (Å²) in [4.78, 5) is 27.7. The Morgan fingerprint density at radius 1 is 1.14 bits per heavy atom. The number of aromatic nitrogens is 1. The van der Waals surface area contributed by atoms with Gasteiger partial charge in [-0.3, -0.25) is 9.59 Å². The van der Waals surface area contributed by atoms with Crippen molar-refractivity contribution in [1.82, 2.24) is 14.8 Å². The summed E-state index contributed by atoms with van der Waals surface area (Å²) in [5.74, 6) is 1.14. The fraction of sp³-hybridized carbons (Fsp3) is 0.636. The number of fused-ring (bicyclic) bond motifs is 1. The van der Waals surface area contributed by atoms with Crippen LogP contribution in [0, 0.1) is 11.8 Å². The van der Waals surface area contributed by atoms with Crippen molar-refractivity contribution < 1.29 is 9.59 Å². The van der Waals surface area contributed by atoms with Crippen LogP contribution in [-0.2, 0) is 11.3 Å². The second-order valence-corrected chi connectivity index (χ2v) is 9.42. The van der Waals surface area contributed by atoms with Crippen molar-refractivity contribution in [1.29, 1.82) is 0 Å². The van der Waals surface area contributed by atoms with Crippen molar-refractivity contribution in [3.05, 3.63) is 23.2 Å². The minimum Gasteiger partial charge on any atom is -0.353 e. The summed E-state index contributed by atoms with van der Waals surface area (Å²) >= 11 is 1.68. The van der Waals surface area contributed by atoms with Gasteiger partial charge in [0, 0.05) is 31.6 Å². The molecule has 0 bridgehead atoms. The molecule has 1 aliphatic carbocycles. The van der Waals surface area contributed by atoms with Gasteiger partial charge in [-0.15, -0.1) is 11.3 Å². The molecule has 0 unspecified atom stereocenters. The Bertz CT molecular complexity index is 839. The maximum absolute atomic E-state index is 13.1. The molecule has 3 heterocycles. The van der Waals surface area contributed by atoms with Gasteiger partial charge >= 0.3 is 0 Å². The third-order valence-corrected chi connectivity index (χ3v) is 7.43. The maximum atomic E-state index is 13.1. The van der Waals surface area contributed by atoms with Gasteiger partial charge in [-0.25, -0.2) is 0 Å². The van der Waals surface area contributed by atoms with Crippen LogP contribution in [0.1, 0.15) is 62.9 Å². The van der Waals surface area contributed by atoms with Crippen molar-refractivity contribution >= 4 is 33.4 Å². The smallest absolute Gasteiger partial charge is 0.270 e. The molecule has 152 valence electrons. The van der Waals surface area contributed by atoms with Crippen LogP contribution in [0.4, 0.5) is 0 Å². The van der Waals surface area contributed by atoms with Gasteiger partial charge in [0.05, 0.1) is 10.2 Å². The first kappa shape index (κ1) is 19.5. The number of amides is 2. The van der Waals surface area contributed by atoms with E-state index in [9.17, 15) is 9.59 Å². The number of carbonyl (C=O) groups is 2. The summed E-state index contributed by atoms with van der Waals surface area (Å²) in [5, 5.41) is 5.34. The molecule has 2 amide bonds. The van der Waals surface area contributed by atoms with E-state index >= 15 is 0 Å². The second-order valence-electron chi connectivity index (χ2n) is 8.48. The Morgan fingerprint density at radius 3 is 2.54 bits per heavy atom. The number of hydrogen-bond donors (Lipinski definition) is 1. The van der Waals surface area contributed by atoms with E-state index in [0.29, 0.717) is 19.1 Å². The molecule has 1 saturated carbocycles. The van der Waals surface area contributed by atoms with Crippen molar-refractivity contribution in [2.45, 2.75) is 65.0 Å². The summed E-state index contributed by atoms with van der Waals surface area (Å²) < 4.78 is 3.28. The van der Waals surface area contributed by atoms with Crippen LogP contribution in [0.2, 0.25) is 0 Å². The highest BCUT2D eigenvalue weighted by Crippen LogP contribution is 2.28. The minimum atomic E-state index is 0.0462. The lowest BCUT2D eigenvalue weighted by Crippen LogP contribution is -2.46. The average Bonchev–Trinajstić information content (AvgIpc) is 3.30. The highest BCUT2D eigenvalue weighted by atomic mass is 32.1. The summed E-state index contributed by atoms with van der Waals surface area (Å²) in [7, 11) is 0. The quantitative estimate of drug-likeness (QED) is 0.832. The zero-order chi connectivity index (χ0) is 19.7. The van der Waals surface area contributed by atoms with Crippen LogP contribution in [-0.4, -0.2) is 40.4 Å². The van der Waals surface area contributed by atoms with E-state index in [4.69, 9.17) is 0 Å². The van der Waals surface area contributed by atoms with Crippen LogP contribution in [0.3, 0.4) is 0 Å². The number of hydrogen-bond acceptors (Lipinski definition) is 3. The third kappa shape index (κ3) is 3.84. The molecule has 2 aliphatic rings. The molecule has 1 saturated heterocycles. The van der Waals surface area contributed by atoms with Gasteiger partial charge in [0.1, 0.15) is 5.69 Å². The monoisotopic (exact) mass is 401 g/mol. The normalized spacial score (nSPS) is 23.9. The molecule has 28 heavy (non-hydrogen) atoms. The van der Waals surface area contributed by atoms with E-state index in [1.807, 2.05) is 11.0 Å². The maximum Gasteiger partial charge on any atom is 0.270 e. The number of likely N-dealkylation sites (tertiary alicyclic amines) is 1. The minimum absolute atomic E-state index is 0.0462. The van der Waals surface area contributed by atoms with Gasteiger partial charge in [-0.2, -0.15) is 0 Å².